The number of para-hydroxylation sites is 2. The van der Waals surface area contributed by atoms with Gasteiger partial charge in [-0.15, -0.1) is 0 Å². The number of aromatic amines is 1. The topological polar surface area (TPSA) is 149 Å². The average Bonchev–Trinajstić information content (AvgIpc) is 3.12. The van der Waals surface area contributed by atoms with Crippen LogP contribution in [0.2, 0.25) is 0 Å². The maximum atomic E-state index is 12.6. The molecule has 0 saturated carbocycles. The number of H-pyrrole nitrogens is 1. The molecule has 9 heteroatoms. The smallest absolute Gasteiger partial charge is 0.326 e. The summed E-state index contributed by atoms with van der Waals surface area (Å²) in [6.07, 6.45) is -0.773. The number of aliphatic carboxylic acids is 2. The van der Waals surface area contributed by atoms with Crippen LogP contribution in [0.25, 0.3) is 10.9 Å². The van der Waals surface area contributed by atoms with Gasteiger partial charge in [0.2, 0.25) is 0 Å². The number of anilines is 1. The van der Waals surface area contributed by atoms with Gasteiger partial charge in [-0.3, -0.25) is 14.4 Å². The van der Waals surface area contributed by atoms with Gasteiger partial charge < -0.3 is 25.8 Å². The zero-order valence-electron chi connectivity index (χ0n) is 15.0. The van der Waals surface area contributed by atoms with Crippen molar-refractivity contribution in [2.45, 2.75) is 12.5 Å². The van der Waals surface area contributed by atoms with E-state index in [2.05, 4.69) is 15.6 Å². The highest BCUT2D eigenvalue weighted by atomic mass is 16.4. The lowest BCUT2D eigenvalue weighted by atomic mass is 10.1. The number of benzene rings is 2. The molecule has 0 saturated heterocycles. The minimum atomic E-state index is -1.60. The normalized spacial score (nSPS) is 11.6. The van der Waals surface area contributed by atoms with Gasteiger partial charge in [0.15, 0.2) is 0 Å². The quantitative estimate of drug-likeness (QED) is 0.413. The molecule has 0 bridgehead atoms. The summed E-state index contributed by atoms with van der Waals surface area (Å²) >= 11 is 0. The summed E-state index contributed by atoms with van der Waals surface area (Å²) in [6.45, 7) is 0. The molecular formula is C20H17N3O6. The van der Waals surface area contributed by atoms with E-state index in [0.717, 1.165) is 10.9 Å². The Morgan fingerprint density at radius 2 is 1.62 bits per heavy atom. The highest BCUT2D eigenvalue weighted by molar-refractivity contribution is 6.10. The number of fused-ring (bicyclic) bond motifs is 1. The number of carboxylic acids is 2. The molecule has 3 aromatic rings. The number of nitrogens with one attached hydrogen (secondary N) is 3. The highest BCUT2D eigenvalue weighted by Crippen LogP contribution is 2.19. The number of carbonyl (C=O) groups excluding carboxylic acids is 2. The lowest BCUT2D eigenvalue weighted by molar-refractivity contribution is -0.145. The first-order valence-corrected chi connectivity index (χ1v) is 8.58. The van der Waals surface area contributed by atoms with Gasteiger partial charge in [0.1, 0.15) is 11.7 Å². The predicted molar refractivity (Wildman–Crippen MR) is 104 cm³/mol. The fourth-order valence-corrected chi connectivity index (χ4v) is 2.79. The van der Waals surface area contributed by atoms with Crippen LogP contribution in [0.3, 0.4) is 0 Å². The molecule has 1 aromatic heterocycles. The van der Waals surface area contributed by atoms with E-state index in [1.54, 1.807) is 18.2 Å². The molecule has 5 N–H and O–H groups in total. The summed E-state index contributed by atoms with van der Waals surface area (Å²) in [7, 11) is 0. The van der Waals surface area contributed by atoms with Crippen molar-refractivity contribution in [2.75, 3.05) is 5.32 Å². The van der Waals surface area contributed by atoms with Gasteiger partial charge in [-0.1, -0.05) is 30.3 Å². The molecule has 2 amide bonds. The van der Waals surface area contributed by atoms with Gasteiger partial charge >= 0.3 is 11.9 Å². The number of carboxylic acid groups (broad SMARTS) is 2. The molecule has 0 aliphatic heterocycles. The first-order valence-electron chi connectivity index (χ1n) is 8.58. The van der Waals surface area contributed by atoms with Gasteiger partial charge in [-0.05, 0) is 24.3 Å². The Hall–Kier alpha value is -4.14. The molecule has 0 radical (unpaired) electrons. The van der Waals surface area contributed by atoms with Crippen LogP contribution in [-0.4, -0.2) is 45.0 Å². The Labute approximate surface area is 164 Å². The molecule has 0 aliphatic carbocycles. The van der Waals surface area contributed by atoms with Crippen molar-refractivity contribution in [3.8, 4) is 0 Å². The van der Waals surface area contributed by atoms with Crippen LogP contribution >= 0.6 is 0 Å². The van der Waals surface area contributed by atoms with Gasteiger partial charge in [-0.2, -0.15) is 0 Å². The second-order valence-electron chi connectivity index (χ2n) is 6.23. The minimum absolute atomic E-state index is 0.00796. The molecule has 2 aromatic carbocycles. The number of carbonyl (C=O) groups is 4. The Morgan fingerprint density at radius 1 is 0.931 bits per heavy atom. The molecule has 1 heterocycles. The molecule has 9 nitrogen and oxygen atoms in total. The fourth-order valence-electron chi connectivity index (χ4n) is 2.79. The van der Waals surface area contributed by atoms with E-state index in [4.69, 9.17) is 10.2 Å². The van der Waals surface area contributed by atoms with Crippen LogP contribution in [0, 0.1) is 0 Å². The van der Waals surface area contributed by atoms with E-state index in [9.17, 15) is 19.2 Å². The zero-order valence-corrected chi connectivity index (χ0v) is 15.0. The maximum Gasteiger partial charge on any atom is 0.326 e. The van der Waals surface area contributed by atoms with E-state index >= 15 is 0 Å². The van der Waals surface area contributed by atoms with Crippen LogP contribution in [0.1, 0.15) is 27.3 Å². The van der Waals surface area contributed by atoms with Gasteiger partial charge in [0.05, 0.1) is 17.7 Å². The van der Waals surface area contributed by atoms with Crippen LogP contribution in [0.5, 0.6) is 0 Å². The zero-order chi connectivity index (χ0) is 21.0. The number of hydrogen-bond donors (Lipinski definition) is 5. The third kappa shape index (κ3) is 4.59. The van der Waals surface area contributed by atoms with E-state index < -0.39 is 36.2 Å². The molecule has 0 aliphatic rings. The standard InChI is InChI=1S/C20H17N3O6/c24-17(25)10-16(20(28)29)23-18(26)12-6-2-4-8-14(12)22-19(27)15-9-11-5-1-3-7-13(11)21-15/h1-9,16,21H,10H2,(H,22,27)(H,23,26)(H,24,25)(H,28,29). The van der Waals surface area contributed by atoms with E-state index in [0.29, 0.717) is 0 Å². The summed E-state index contributed by atoms with van der Waals surface area (Å²) < 4.78 is 0. The molecule has 3 rings (SSSR count). The minimum Gasteiger partial charge on any atom is -0.481 e. The van der Waals surface area contributed by atoms with Gasteiger partial charge in [0.25, 0.3) is 11.8 Å². The second-order valence-corrected chi connectivity index (χ2v) is 6.23. The number of rotatable bonds is 7. The average molecular weight is 395 g/mol. The molecule has 1 unspecified atom stereocenters. The van der Waals surface area contributed by atoms with Crippen LogP contribution in [-0.2, 0) is 9.59 Å². The predicted octanol–water partition coefficient (Wildman–Crippen LogP) is 2.08. The van der Waals surface area contributed by atoms with Crippen molar-refractivity contribution >= 4 is 40.3 Å². The highest BCUT2D eigenvalue weighted by Gasteiger charge is 2.25. The summed E-state index contributed by atoms with van der Waals surface area (Å²) in [5.74, 6) is -4.13. The lowest BCUT2D eigenvalue weighted by Gasteiger charge is -2.15. The van der Waals surface area contributed by atoms with Gasteiger partial charge in [-0.25, -0.2) is 4.79 Å². The third-order valence-corrected chi connectivity index (χ3v) is 4.18. The Balaban J connectivity index is 1.80. The third-order valence-electron chi connectivity index (χ3n) is 4.18. The number of amides is 2. The van der Waals surface area contributed by atoms with E-state index in [1.807, 2.05) is 24.3 Å². The molecule has 1 atom stereocenters. The Kier molecular flexibility index (Phi) is 5.59. The van der Waals surface area contributed by atoms with Crippen molar-refractivity contribution < 1.29 is 29.4 Å². The number of aromatic nitrogens is 1. The summed E-state index contributed by atoms with van der Waals surface area (Å²) in [5, 5.41) is 23.5. The van der Waals surface area contributed by atoms with Gasteiger partial charge in [0, 0.05) is 10.9 Å². The Morgan fingerprint density at radius 3 is 2.31 bits per heavy atom. The molecule has 148 valence electrons. The molecule has 0 fully saturated rings. The van der Waals surface area contributed by atoms with Crippen LogP contribution in [0.15, 0.2) is 54.6 Å². The van der Waals surface area contributed by atoms with E-state index in [1.165, 1.54) is 12.1 Å². The molecule has 0 spiro atoms. The van der Waals surface area contributed by atoms with Crippen LogP contribution in [0.4, 0.5) is 5.69 Å². The largest absolute Gasteiger partial charge is 0.481 e. The summed E-state index contributed by atoms with van der Waals surface area (Å²) in [4.78, 5) is 50.0. The monoisotopic (exact) mass is 395 g/mol. The summed E-state index contributed by atoms with van der Waals surface area (Å²) in [6, 6.07) is 13.4. The van der Waals surface area contributed by atoms with Crippen molar-refractivity contribution in [3.05, 3.63) is 65.9 Å². The first kappa shape index (κ1) is 19.6. The number of hydrogen-bond acceptors (Lipinski definition) is 4. The van der Waals surface area contributed by atoms with Crippen LogP contribution < -0.4 is 10.6 Å². The van der Waals surface area contributed by atoms with Crippen molar-refractivity contribution in [2.24, 2.45) is 0 Å². The maximum absolute atomic E-state index is 12.6. The fraction of sp³-hybridized carbons (Fsp3) is 0.100. The van der Waals surface area contributed by atoms with Crippen molar-refractivity contribution in [1.82, 2.24) is 10.3 Å². The molecular weight excluding hydrogens is 378 g/mol. The second kappa shape index (κ2) is 8.26. The summed E-state index contributed by atoms with van der Waals surface area (Å²) in [5.41, 5.74) is 1.24. The first-order chi connectivity index (χ1) is 13.8. The van der Waals surface area contributed by atoms with Crippen molar-refractivity contribution in [3.63, 3.8) is 0 Å². The SMILES string of the molecule is O=C(O)CC(NC(=O)c1ccccc1NC(=O)c1cc2ccccc2[nH]1)C(=O)O. The lowest BCUT2D eigenvalue weighted by Crippen LogP contribution is -2.42. The molecule has 29 heavy (non-hydrogen) atoms. The van der Waals surface area contributed by atoms with Crippen molar-refractivity contribution in [1.29, 1.82) is 0 Å². The van der Waals surface area contributed by atoms with E-state index in [-0.39, 0.29) is 16.9 Å². The Bertz CT molecular complexity index is 1070.